The van der Waals surface area contributed by atoms with Crippen LogP contribution in [0.4, 0.5) is 5.69 Å². The van der Waals surface area contributed by atoms with Crippen molar-refractivity contribution in [3.05, 3.63) is 36.8 Å². The van der Waals surface area contributed by atoms with Crippen molar-refractivity contribution in [2.45, 2.75) is 5.03 Å². The van der Waals surface area contributed by atoms with Gasteiger partial charge in [-0.05, 0) is 12.1 Å². The molecule has 1 aromatic carbocycles. The maximum atomic E-state index is 12.1. The van der Waals surface area contributed by atoms with Gasteiger partial charge in [-0.25, -0.2) is 4.98 Å². The van der Waals surface area contributed by atoms with Crippen molar-refractivity contribution in [3.8, 4) is 5.75 Å². The van der Waals surface area contributed by atoms with Crippen molar-refractivity contribution in [1.29, 1.82) is 5.41 Å². The van der Waals surface area contributed by atoms with E-state index >= 15 is 0 Å². The average Bonchev–Trinajstić information content (AvgIpc) is 2.84. The summed E-state index contributed by atoms with van der Waals surface area (Å²) in [6.45, 7) is -0.0591. The fraction of sp³-hybridized carbons (Fsp3) is 0.167. The highest BCUT2D eigenvalue weighted by molar-refractivity contribution is 7.92. The summed E-state index contributed by atoms with van der Waals surface area (Å²) < 4.78 is 33.4. The number of nitrogens with one attached hydrogen (secondary N) is 2. The molecule has 0 aliphatic heterocycles. The molecule has 0 saturated carbocycles. The van der Waals surface area contributed by atoms with Gasteiger partial charge in [-0.15, -0.1) is 0 Å². The number of nitrogens with two attached hydrogens (primary N) is 1. The van der Waals surface area contributed by atoms with Crippen LogP contribution < -0.4 is 15.2 Å². The molecule has 1 aromatic heterocycles. The van der Waals surface area contributed by atoms with Crippen molar-refractivity contribution in [1.82, 2.24) is 9.55 Å². The Morgan fingerprint density at radius 2 is 2.29 bits per heavy atom. The molecule has 0 radical (unpaired) electrons. The fourth-order valence-corrected chi connectivity index (χ4v) is 2.58. The van der Waals surface area contributed by atoms with E-state index in [0.717, 1.165) is 0 Å². The molecule has 4 N–H and O–H groups in total. The van der Waals surface area contributed by atoms with Crippen LogP contribution >= 0.6 is 0 Å². The lowest BCUT2D eigenvalue weighted by Gasteiger charge is -2.09. The molecule has 0 spiro atoms. The van der Waals surface area contributed by atoms with Gasteiger partial charge >= 0.3 is 0 Å². The molecule has 0 saturated heterocycles. The van der Waals surface area contributed by atoms with Crippen molar-refractivity contribution in [3.63, 3.8) is 0 Å². The van der Waals surface area contributed by atoms with Crippen LogP contribution in [0.1, 0.15) is 0 Å². The SMILES string of the molecule is Cn1cnc(S(=O)(=O)Nc2cccc(OCC(=N)N)c2)c1. The summed E-state index contributed by atoms with van der Waals surface area (Å²) in [5.41, 5.74) is 5.53. The Morgan fingerprint density at radius 1 is 1.52 bits per heavy atom. The molecule has 0 atom stereocenters. The molecule has 1 heterocycles. The van der Waals surface area contributed by atoms with Crippen LogP contribution in [-0.4, -0.2) is 30.4 Å². The summed E-state index contributed by atoms with van der Waals surface area (Å²) in [5, 5.41) is 7.02. The average molecular weight is 309 g/mol. The lowest BCUT2D eigenvalue weighted by molar-refractivity contribution is 0.374. The largest absolute Gasteiger partial charge is 0.486 e. The first-order chi connectivity index (χ1) is 9.87. The van der Waals surface area contributed by atoms with Gasteiger partial charge in [0.2, 0.25) is 0 Å². The molecule has 9 heteroatoms. The molecule has 2 aromatic rings. The topological polar surface area (TPSA) is 123 Å². The molecular weight excluding hydrogens is 294 g/mol. The van der Waals surface area contributed by atoms with Gasteiger partial charge < -0.3 is 15.0 Å². The summed E-state index contributed by atoms with van der Waals surface area (Å²) in [6.07, 6.45) is 2.80. The predicted octanol–water partition coefficient (Wildman–Crippen LogP) is 0.536. The molecule has 8 nitrogen and oxygen atoms in total. The van der Waals surface area contributed by atoms with Gasteiger partial charge in [0.15, 0.2) is 5.03 Å². The first-order valence-corrected chi connectivity index (χ1v) is 7.42. The van der Waals surface area contributed by atoms with E-state index in [9.17, 15) is 8.42 Å². The van der Waals surface area contributed by atoms with Gasteiger partial charge in [0.1, 0.15) is 18.2 Å². The van der Waals surface area contributed by atoms with Crippen molar-refractivity contribution in [2.75, 3.05) is 11.3 Å². The van der Waals surface area contributed by atoms with E-state index in [1.807, 2.05) is 0 Å². The van der Waals surface area contributed by atoms with E-state index in [1.165, 1.54) is 18.6 Å². The zero-order valence-corrected chi connectivity index (χ0v) is 12.1. The molecule has 0 aliphatic carbocycles. The third-order valence-corrected chi connectivity index (χ3v) is 3.70. The van der Waals surface area contributed by atoms with E-state index in [2.05, 4.69) is 9.71 Å². The number of rotatable bonds is 6. The van der Waals surface area contributed by atoms with Crippen LogP contribution in [0.2, 0.25) is 0 Å². The summed E-state index contributed by atoms with van der Waals surface area (Å²) >= 11 is 0. The first kappa shape index (κ1) is 14.9. The van der Waals surface area contributed by atoms with Gasteiger partial charge in [0, 0.05) is 19.3 Å². The Bertz CT molecular complexity index is 754. The molecule has 0 aliphatic rings. The van der Waals surface area contributed by atoms with Crippen LogP contribution in [0.15, 0.2) is 41.8 Å². The van der Waals surface area contributed by atoms with E-state index in [0.29, 0.717) is 11.4 Å². The highest BCUT2D eigenvalue weighted by Crippen LogP contribution is 2.20. The zero-order valence-electron chi connectivity index (χ0n) is 11.3. The normalized spacial score (nSPS) is 11.1. The Labute approximate surface area is 122 Å². The third-order valence-electron chi connectivity index (χ3n) is 2.44. The van der Waals surface area contributed by atoms with E-state index in [4.69, 9.17) is 15.9 Å². The van der Waals surface area contributed by atoms with Crippen LogP contribution in [0.5, 0.6) is 5.75 Å². The summed E-state index contributed by atoms with van der Waals surface area (Å²) in [4.78, 5) is 3.80. The number of aryl methyl sites for hydroxylation is 1. The second-order valence-electron chi connectivity index (χ2n) is 4.32. The molecule has 21 heavy (non-hydrogen) atoms. The van der Waals surface area contributed by atoms with Crippen LogP contribution in [0, 0.1) is 5.41 Å². The highest BCUT2D eigenvalue weighted by Gasteiger charge is 2.17. The van der Waals surface area contributed by atoms with Gasteiger partial charge in [-0.2, -0.15) is 8.42 Å². The molecule has 2 rings (SSSR count). The minimum atomic E-state index is -3.74. The quantitative estimate of drug-likeness (QED) is 0.530. The molecule has 0 amide bonds. The smallest absolute Gasteiger partial charge is 0.280 e. The number of hydrogen-bond donors (Lipinski definition) is 3. The first-order valence-electron chi connectivity index (χ1n) is 5.93. The monoisotopic (exact) mass is 309 g/mol. The number of sulfonamides is 1. The molecular formula is C12H15N5O3S. The Hall–Kier alpha value is -2.55. The third kappa shape index (κ3) is 3.96. The van der Waals surface area contributed by atoms with Gasteiger partial charge in [-0.3, -0.25) is 10.1 Å². The van der Waals surface area contributed by atoms with E-state index in [-0.39, 0.29) is 17.5 Å². The maximum Gasteiger partial charge on any atom is 0.280 e. The summed E-state index contributed by atoms with van der Waals surface area (Å²) in [6, 6.07) is 6.36. The number of imidazole rings is 1. The van der Waals surface area contributed by atoms with Gasteiger partial charge in [0.05, 0.1) is 12.0 Å². The summed E-state index contributed by atoms with van der Waals surface area (Å²) in [5.74, 6) is 0.292. The summed E-state index contributed by atoms with van der Waals surface area (Å²) in [7, 11) is -2.06. The minimum absolute atomic E-state index is 0.0591. The lowest BCUT2D eigenvalue weighted by atomic mass is 10.3. The van der Waals surface area contributed by atoms with Gasteiger partial charge in [0.25, 0.3) is 10.0 Å². The van der Waals surface area contributed by atoms with Crippen molar-refractivity contribution in [2.24, 2.45) is 12.8 Å². The molecule has 0 fully saturated rings. The number of benzene rings is 1. The number of nitrogens with zero attached hydrogens (tertiary/aromatic N) is 2. The number of anilines is 1. The second kappa shape index (κ2) is 5.83. The Kier molecular flexibility index (Phi) is 4.13. The van der Waals surface area contributed by atoms with Gasteiger partial charge in [-0.1, -0.05) is 6.07 Å². The fourth-order valence-electron chi connectivity index (χ4n) is 1.55. The number of amidine groups is 1. The highest BCUT2D eigenvalue weighted by atomic mass is 32.2. The predicted molar refractivity (Wildman–Crippen MR) is 77.9 cm³/mol. The lowest BCUT2D eigenvalue weighted by Crippen LogP contribution is -2.19. The minimum Gasteiger partial charge on any atom is -0.486 e. The van der Waals surface area contributed by atoms with Crippen LogP contribution in [0.3, 0.4) is 0 Å². The number of aromatic nitrogens is 2. The van der Waals surface area contributed by atoms with Crippen molar-refractivity contribution < 1.29 is 13.2 Å². The maximum absolute atomic E-state index is 12.1. The Balaban J connectivity index is 2.16. The van der Waals surface area contributed by atoms with Crippen LogP contribution in [-0.2, 0) is 17.1 Å². The van der Waals surface area contributed by atoms with E-state index < -0.39 is 10.0 Å². The van der Waals surface area contributed by atoms with E-state index in [1.54, 1.807) is 29.8 Å². The Morgan fingerprint density at radius 3 is 2.90 bits per heavy atom. The van der Waals surface area contributed by atoms with Crippen LogP contribution in [0.25, 0.3) is 0 Å². The second-order valence-corrected chi connectivity index (χ2v) is 5.95. The molecule has 112 valence electrons. The number of ether oxygens (including phenoxy) is 1. The van der Waals surface area contributed by atoms with Crippen molar-refractivity contribution >= 4 is 21.5 Å². The standard InChI is InChI=1S/C12H15N5O3S/c1-17-6-12(15-8-17)21(18,19)16-9-3-2-4-10(5-9)20-7-11(13)14/h2-6,8,16H,7H2,1H3,(H3,13,14). The number of hydrogen-bond acceptors (Lipinski definition) is 5. The zero-order chi connectivity index (χ0) is 15.5. The molecule has 0 unspecified atom stereocenters. The molecule has 0 bridgehead atoms.